The normalized spacial score (nSPS) is 15.7. The van der Waals surface area contributed by atoms with Gasteiger partial charge in [-0.3, -0.25) is 9.59 Å². The number of aromatic nitrogens is 1. The third-order valence-electron chi connectivity index (χ3n) is 2.34. The van der Waals surface area contributed by atoms with E-state index in [1.807, 2.05) is 0 Å². The predicted molar refractivity (Wildman–Crippen MR) is 48.8 cm³/mol. The molecular weight excluding hydrogens is 166 g/mol. The third kappa shape index (κ3) is 1.69. The maximum absolute atomic E-state index is 11.4. The number of pyridine rings is 1. The number of carbonyl (C=O) groups is 1. The topological polar surface area (TPSA) is 39.1 Å². The molecule has 0 spiro atoms. The van der Waals surface area contributed by atoms with Gasteiger partial charge in [0.2, 0.25) is 0 Å². The van der Waals surface area contributed by atoms with E-state index in [0.717, 1.165) is 6.29 Å². The van der Waals surface area contributed by atoms with Crippen LogP contribution in [-0.4, -0.2) is 10.9 Å². The second-order valence-electron chi connectivity index (χ2n) is 3.46. The summed E-state index contributed by atoms with van der Waals surface area (Å²) in [6, 6.07) is 4.79. The van der Waals surface area contributed by atoms with Crippen molar-refractivity contribution in [2.45, 2.75) is 19.4 Å². The number of hydrogen-bond acceptors (Lipinski definition) is 2. The van der Waals surface area contributed by atoms with Crippen LogP contribution >= 0.6 is 0 Å². The van der Waals surface area contributed by atoms with Gasteiger partial charge in [0.05, 0.1) is 5.69 Å². The minimum Gasteiger partial charge on any atom is -0.306 e. The molecule has 3 heteroatoms. The SMILES string of the molecule is O=Cc1cccc(=O)n1CC1CC1. The van der Waals surface area contributed by atoms with E-state index in [0.29, 0.717) is 18.2 Å². The molecule has 0 N–H and O–H groups in total. The molecule has 0 radical (unpaired) electrons. The van der Waals surface area contributed by atoms with Gasteiger partial charge in [-0.2, -0.15) is 0 Å². The zero-order chi connectivity index (χ0) is 9.26. The Hall–Kier alpha value is -1.38. The van der Waals surface area contributed by atoms with Crippen molar-refractivity contribution < 1.29 is 4.79 Å². The molecule has 0 aromatic carbocycles. The summed E-state index contributed by atoms with van der Waals surface area (Å²) in [5, 5.41) is 0. The van der Waals surface area contributed by atoms with Crippen LogP contribution in [0.3, 0.4) is 0 Å². The van der Waals surface area contributed by atoms with Crippen molar-refractivity contribution >= 4 is 6.29 Å². The molecule has 3 nitrogen and oxygen atoms in total. The standard InChI is InChI=1S/C10H11NO2/c12-7-9-2-1-3-10(13)11(9)6-8-4-5-8/h1-3,7-8H,4-6H2. The van der Waals surface area contributed by atoms with Crippen molar-refractivity contribution in [1.29, 1.82) is 0 Å². The van der Waals surface area contributed by atoms with Crippen LogP contribution in [0.4, 0.5) is 0 Å². The molecule has 0 unspecified atom stereocenters. The first-order valence-corrected chi connectivity index (χ1v) is 4.46. The Morgan fingerprint density at radius 1 is 1.46 bits per heavy atom. The van der Waals surface area contributed by atoms with Gasteiger partial charge in [0.25, 0.3) is 5.56 Å². The summed E-state index contributed by atoms with van der Waals surface area (Å²) in [5.41, 5.74) is 0.413. The quantitative estimate of drug-likeness (QED) is 0.648. The van der Waals surface area contributed by atoms with Gasteiger partial charge in [0.1, 0.15) is 0 Å². The van der Waals surface area contributed by atoms with Crippen molar-refractivity contribution in [3.8, 4) is 0 Å². The zero-order valence-corrected chi connectivity index (χ0v) is 7.27. The molecule has 68 valence electrons. The number of aldehydes is 1. The average Bonchev–Trinajstić information content (AvgIpc) is 2.92. The largest absolute Gasteiger partial charge is 0.306 e. The summed E-state index contributed by atoms with van der Waals surface area (Å²) < 4.78 is 1.56. The summed E-state index contributed by atoms with van der Waals surface area (Å²) in [5.74, 6) is 0.610. The summed E-state index contributed by atoms with van der Waals surface area (Å²) in [6.45, 7) is 0.702. The Morgan fingerprint density at radius 2 is 2.23 bits per heavy atom. The molecule has 0 aliphatic heterocycles. The highest BCUT2D eigenvalue weighted by atomic mass is 16.1. The minimum absolute atomic E-state index is 0.0727. The highest BCUT2D eigenvalue weighted by Crippen LogP contribution is 2.30. The highest BCUT2D eigenvalue weighted by Gasteiger charge is 2.22. The van der Waals surface area contributed by atoms with Crippen LogP contribution in [0.2, 0.25) is 0 Å². The first-order valence-electron chi connectivity index (χ1n) is 4.46. The Kier molecular flexibility index (Phi) is 2.00. The van der Waals surface area contributed by atoms with Crippen LogP contribution in [0.25, 0.3) is 0 Å². The van der Waals surface area contributed by atoms with Gasteiger partial charge in [-0.1, -0.05) is 6.07 Å². The van der Waals surface area contributed by atoms with E-state index >= 15 is 0 Å². The van der Waals surface area contributed by atoms with Crippen LogP contribution in [-0.2, 0) is 6.54 Å². The summed E-state index contributed by atoms with van der Waals surface area (Å²) >= 11 is 0. The Bertz CT molecular complexity index is 377. The summed E-state index contributed by atoms with van der Waals surface area (Å²) in [7, 11) is 0. The molecule has 0 bridgehead atoms. The van der Waals surface area contributed by atoms with E-state index in [4.69, 9.17) is 0 Å². The molecule has 13 heavy (non-hydrogen) atoms. The van der Waals surface area contributed by atoms with E-state index in [2.05, 4.69) is 0 Å². The summed E-state index contributed by atoms with van der Waals surface area (Å²) in [6.07, 6.45) is 3.10. The van der Waals surface area contributed by atoms with Gasteiger partial charge in [0, 0.05) is 12.6 Å². The second-order valence-corrected chi connectivity index (χ2v) is 3.46. The Labute approximate surface area is 76.0 Å². The lowest BCUT2D eigenvalue weighted by atomic mass is 10.3. The average molecular weight is 177 g/mol. The fourth-order valence-electron chi connectivity index (χ4n) is 1.39. The lowest BCUT2D eigenvalue weighted by Crippen LogP contribution is -2.22. The lowest BCUT2D eigenvalue weighted by Gasteiger charge is -2.06. The molecule has 1 aromatic rings. The van der Waals surface area contributed by atoms with Crippen molar-refractivity contribution in [3.05, 3.63) is 34.2 Å². The third-order valence-corrected chi connectivity index (χ3v) is 2.34. The fourth-order valence-corrected chi connectivity index (χ4v) is 1.39. The van der Waals surface area contributed by atoms with E-state index in [1.165, 1.54) is 18.9 Å². The predicted octanol–water partition coefficient (Wildman–Crippen LogP) is 1.07. The van der Waals surface area contributed by atoms with Crippen LogP contribution in [0.1, 0.15) is 23.3 Å². The van der Waals surface area contributed by atoms with Crippen LogP contribution < -0.4 is 5.56 Å². The van der Waals surface area contributed by atoms with Crippen LogP contribution in [0, 0.1) is 5.92 Å². The zero-order valence-electron chi connectivity index (χ0n) is 7.27. The first-order chi connectivity index (χ1) is 6.31. The van der Waals surface area contributed by atoms with Crippen molar-refractivity contribution in [2.75, 3.05) is 0 Å². The minimum atomic E-state index is -0.0727. The number of nitrogens with zero attached hydrogens (tertiary/aromatic N) is 1. The Balaban J connectivity index is 2.38. The van der Waals surface area contributed by atoms with Crippen LogP contribution in [0.5, 0.6) is 0 Å². The lowest BCUT2D eigenvalue weighted by molar-refractivity contribution is 0.111. The molecule has 0 saturated heterocycles. The van der Waals surface area contributed by atoms with Gasteiger partial charge in [-0.25, -0.2) is 0 Å². The maximum Gasteiger partial charge on any atom is 0.251 e. The molecule has 1 saturated carbocycles. The van der Waals surface area contributed by atoms with E-state index in [9.17, 15) is 9.59 Å². The molecule has 2 rings (SSSR count). The molecule has 0 amide bonds. The second kappa shape index (κ2) is 3.17. The summed E-state index contributed by atoms with van der Waals surface area (Å²) in [4.78, 5) is 22.0. The van der Waals surface area contributed by atoms with Gasteiger partial charge in [-0.15, -0.1) is 0 Å². The number of rotatable bonds is 3. The van der Waals surface area contributed by atoms with Crippen LogP contribution in [0.15, 0.2) is 23.0 Å². The molecule has 0 atom stereocenters. The fraction of sp³-hybridized carbons (Fsp3) is 0.400. The van der Waals surface area contributed by atoms with Gasteiger partial charge in [-0.05, 0) is 24.8 Å². The molecule has 1 heterocycles. The monoisotopic (exact) mass is 177 g/mol. The van der Waals surface area contributed by atoms with Gasteiger partial charge >= 0.3 is 0 Å². The number of hydrogen-bond donors (Lipinski definition) is 0. The Morgan fingerprint density at radius 3 is 2.85 bits per heavy atom. The van der Waals surface area contributed by atoms with Crippen molar-refractivity contribution in [2.24, 2.45) is 5.92 Å². The molecular formula is C10H11NO2. The van der Waals surface area contributed by atoms with Gasteiger partial charge < -0.3 is 4.57 Å². The van der Waals surface area contributed by atoms with E-state index in [1.54, 1.807) is 16.7 Å². The first kappa shape index (κ1) is 8.23. The van der Waals surface area contributed by atoms with Gasteiger partial charge in [0.15, 0.2) is 6.29 Å². The number of carbonyl (C=O) groups excluding carboxylic acids is 1. The van der Waals surface area contributed by atoms with E-state index in [-0.39, 0.29) is 5.56 Å². The van der Waals surface area contributed by atoms with Crippen molar-refractivity contribution in [3.63, 3.8) is 0 Å². The molecule has 1 fully saturated rings. The molecule has 1 aliphatic rings. The smallest absolute Gasteiger partial charge is 0.251 e. The molecule has 1 aliphatic carbocycles. The highest BCUT2D eigenvalue weighted by molar-refractivity contribution is 5.71. The molecule has 1 aromatic heterocycles. The maximum atomic E-state index is 11.4. The van der Waals surface area contributed by atoms with Crippen molar-refractivity contribution in [1.82, 2.24) is 4.57 Å². The van der Waals surface area contributed by atoms with E-state index < -0.39 is 0 Å².